The molecule has 0 radical (unpaired) electrons. The van der Waals surface area contributed by atoms with E-state index in [1.54, 1.807) is 0 Å². The van der Waals surface area contributed by atoms with Gasteiger partial charge < -0.3 is 28.4 Å². The number of carbonyl (C=O) groups is 2. The van der Waals surface area contributed by atoms with Gasteiger partial charge in [-0.1, -0.05) is 71.0 Å². The maximum absolute atomic E-state index is 12.4. The fourth-order valence-corrected chi connectivity index (χ4v) is 4.88. The van der Waals surface area contributed by atoms with Crippen molar-refractivity contribution >= 4 is 33.5 Å². The molecule has 242 valence electrons. The molecule has 3 rings (SSSR count). The van der Waals surface area contributed by atoms with Gasteiger partial charge in [0.05, 0.1) is 13.2 Å². The first-order valence-electron chi connectivity index (χ1n) is 16.2. The molecule has 3 aromatic rings. The molecule has 0 heterocycles. The molecule has 44 heavy (non-hydrogen) atoms. The van der Waals surface area contributed by atoms with Crippen molar-refractivity contribution in [3.63, 3.8) is 0 Å². The molecule has 2 atom stereocenters. The largest absolute Gasteiger partial charge is 0.488 e. The van der Waals surface area contributed by atoms with E-state index >= 15 is 0 Å². The van der Waals surface area contributed by atoms with E-state index in [9.17, 15) is 9.59 Å². The van der Waals surface area contributed by atoms with Gasteiger partial charge in [-0.05, 0) is 43.7 Å². The Morgan fingerprint density at radius 2 is 1.07 bits per heavy atom. The Kier molecular flexibility index (Phi) is 15.3. The number of esters is 2. The lowest BCUT2D eigenvalue weighted by atomic mass is 9.98. The summed E-state index contributed by atoms with van der Waals surface area (Å²) >= 11 is 0. The Labute approximate surface area is 262 Å². The summed E-state index contributed by atoms with van der Waals surface area (Å²) in [7, 11) is 0. The van der Waals surface area contributed by atoms with Gasteiger partial charge in [-0.3, -0.25) is 9.59 Å². The lowest BCUT2D eigenvalue weighted by Crippen LogP contribution is -2.30. The Hall–Kier alpha value is -3.36. The first-order valence-corrected chi connectivity index (χ1v) is 16.2. The minimum atomic E-state index is -0.540. The van der Waals surface area contributed by atoms with Gasteiger partial charge in [0.15, 0.2) is 12.2 Å². The molecular weight excluding hydrogens is 560 g/mol. The molecule has 0 aliphatic rings. The van der Waals surface area contributed by atoms with E-state index in [2.05, 4.69) is 25.1 Å². The van der Waals surface area contributed by atoms with Crippen LogP contribution in [0.25, 0.3) is 21.5 Å². The number of hydrogen-bond acceptors (Lipinski definition) is 8. The van der Waals surface area contributed by atoms with Crippen molar-refractivity contribution in [2.75, 3.05) is 39.6 Å². The molecular formula is C36H50O8. The monoisotopic (exact) mass is 610 g/mol. The first kappa shape index (κ1) is 35.1. The minimum Gasteiger partial charge on any atom is -0.488 e. The quantitative estimate of drug-likeness (QED) is 0.0692. The summed E-state index contributed by atoms with van der Waals surface area (Å²) in [5.74, 6) is 0.867. The average Bonchev–Trinajstić information content (AvgIpc) is 3.02. The first-order chi connectivity index (χ1) is 21.4. The molecule has 0 aromatic heterocycles. The van der Waals surface area contributed by atoms with Crippen LogP contribution in [0.5, 0.6) is 11.5 Å². The standard InChI is InChI=1S/C36H50O8/c1-6-13-33(37)43-27(22-39-19-8-3)24-41-35-29-15-11-12-16-30(29)36(32-21-26(10-5)17-18-31(32)35)42-25-28(23-40-20-9-4)44-34(38)14-7-2/h11-12,15-18,21,27-28H,6-10,13-14,19-20,22-25H2,1-5H3. The highest BCUT2D eigenvalue weighted by Crippen LogP contribution is 2.43. The average molecular weight is 611 g/mol. The summed E-state index contributed by atoms with van der Waals surface area (Å²) in [4.78, 5) is 24.7. The molecule has 8 heteroatoms. The summed E-state index contributed by atoms with van der Waals surface area (Å²) < 4.78 is 36.0. The van der Waals surface area contributed by atoms with Gasteiger partial charge in [0.25, 0.3) is 0 Å². The van der Waals surface area contributed by atoms with Crippen LogP contribution in [0.3, 0.4) is 0 Å². The van der Waals surface area contributed by atoms with Crippen LogP contribution in [-0.2, 0) is 35.0 Å². The van der Waals surface area contributed by atoms with Crippen LogP contribution < -0.4 is 9.47 Å². The molecule has 0 amide bonds. The number of rotatable bonds is 21. The zero-order valence-corrected chi connectivity index (χ0v) is 27.2. The van der Waals surface area contributed by atoms with Gasteiger partial charge in [-0.2, -0.15) is 0 Å². The summed E-state index contributed by atoms with van der Waals surface area (Å²) in [5.41, 5.74) is 1.15. The van der Waals surface area contributed by atoms with Crippen molar-refractivity contribution < 1.29 is 38.0 Å². The highest BCUT2D eigenvalue weighted by Gasteiger charge is 2.22. The van der Waals surface area contributed by atoms with Crippen LogP contribution in [0.15, 0.2) is 42.5 Å². The number of benzene rings is 3. The lowest BCUT2D eigenvalue weighted by Gasteiger charge is -2.23. The topological polar surface area (TPSA) is 89.5 Å². The second kappa shape index (κ2) is 19.1. The fraction of sp³-hybridized carbons (Fsp3) is 0.556. The van der Waals surface area contributed by atoms with Gasteiger partial charge in [-0.15, -0.1) is 0 Å². The van der Waals surface area contributed by atoms with Crippen LogP contribution in [0.4, 0.5) is 0 Å². The molecule has 0 aliphatic heterocycles. The SMILES string of the molecule is CCCOCC(COc1c2ccccc2c(OCC(COCCC)OC(=O)CCC)c2cc(CC)ccc12)OC(=O)CCC. The molecule has 8 nitrogen and oxygen atoms in total. The molecule has 0 bridgehead atoms. The minimum absolute atomic E-state index is 0.151. The summed E-state index contributed by atoms with van der Waals surface area (Å²) in [6.07, 6.45) is 3.63. The van der Waals surface area contributed by atoms with Crippen LogP contribution in [0.2, 0.25) is 0 Å². The van der Waals surface area contributed by atoms with E-state index in [0.29, 0.717) is 50.4 Å². The number of fused-ring (bicyclic) bond motifs is 2. The Morgan fingerprint density at radius 1 is 0.591 bits per heavy atom. The van der Waals surface area contributed by atoms with Crippen molar-refractivity contribution in [1.29, 1.82) is 0 Å². The third-order valence-corrected chi connectivity index (χ3v) is 7.03. The van der Waals surface area contributed by atoms with Crippen molar-refractivity contribution in [2.45, 2.75) is 91.8 Å². The number of carbonyl (C=O) groups excluding carboxylic acids is 2. The van der Waals surface area contributed by atoms with Crippen LogP contribution >= 0.6 is 0 Å². The maximum atomic E-state index is 12.4. The zero-order valence-electron chi connectivity index (χ0n) is 27.2. The predicted octanol–water partition coefficient (Wildman–Crippen LogP) is 7.59. The van der Waals surface area contributed by atoms with E-state index in [-0.39, 0.29) is 38.4 Å². The van der Waals surface area contributed by atoms with Gasteiger partial charge in [0.2, 0.25) is 0 Å². The van der Waals surface area contributed by atoms with E-state index < -0.39 is 12.2 Å². The summed E-state index contributed by atoms with van der Waals surface area (Å²) in [6.45, 7) is 12.1. The van der Waals surface area contributed by atoms with E-state index in [1.807, 2.05) is 52.0 Å². The second-order valence-electron chi connectivity index (χ2n) is 10.9. The van der Waals surface area contributed by atoms with Gasteiger partial charge in [-0.25, -0.2) is 0 Å². The molecule has 0 saturated heterocycles. The van der Waals surface area contributed by atoms with Crippen molar-refractivity contribution in [1.82, 2.24) is 0 Å². The third kappa shape index (κ3) is 10.4. The van der Waals surface area contributed by atoms with Gasteiger partial charge in [0.1, 0.15) is 24.7 Å². The molecule has 0 spiro atoms. The predicted molar refractivity (Wildman–Crippen MR) is 174 cm³/mol. The third-order valence-electron chi connectivity index (χ3n) is 7.03. The number of hydrogen-bond donors (Lipinski definition) is 0. The number of aryl methyl sites for hydroxylation is 1. The fourth-order valence-electron chi connectivity index (χ4n) is 4.88. The van der Waals surface area contributed by atoms with Crippen LogP contribution in [-0.4, -0.2) is 63.8 Å². The van der Waals surface area contributed by atoms with Crippen LogP contribution in [0, 0.1) is 0 Å². The Balaban J connectivity index is 1.99. The van der Waals surface area contributed by atoms with Crippen molar-refractivity contribution in [3.05, 3.63) is 48.0 Å². The second-order valence-corrected chi connectivity index (χ2v) is 10.9. The van der Waals surface area contributed by atoms with E-state index in [4.69, 9.17) is 28.4 Å². The number of ether oxygens (including phenoxy) is 6. The molecule has 0 aliphatic carbocycles. The molecule has 3 aromatic carbocycles. The highest BCUT2D eigenvalue weighted by atomic mass is 16.6. The van der Waals surface area contributed by atoms with Gasteiger partial charge >= 0.3 is 11.9 Å². The zero-order chi connectivity index (χ0) is 31.7. The Bertz CT molecular complexity index is 1320. The summed E-state index contributed by atoms with van der Waals surface area (Å²) in [6, 6.07) is 14.2. The molecule has 0 N–H and O–H groups in total. The molecule has 0 fully saturated rings. The normalized spacial score (nSPS) is 12.7. The lowest BCUT2D eigenvalue weighted by molar-refractivity contribution is -0.155. The Morgan fingerprint density at radius 3 is 1.52 bits per heavy atom. The van der Waals surface area contributed by atoms with Crippen LogP contribution in [0.1, 0.15) is 78.7 Å². The molecule has 0 saturated carbocycles. The maximum Gasteiger partial charge on any atom is 0.306 e. The van der Waals surface area contributed by atoms with Crippen molar-refractivity contribution in [3.8, 4) is 11.5 Å². The highest BCUT2D eigenvalue weighted by molar-refractivity contribution is 6.11. The van der Waals surface area contributed by atoms with Crippen molar-refractivity contribution in [2.24, 2.45) is 0 Å². The van der Waals surface area contributed by atoms with Gasteiger partial charge in [0, 0.05) is 47.6 Å². The smallest absolute Gasteiger partial charge is 0.306 e. The van der Waals surface area contributed by atoms with E-state index in [0.717, 1.165) is 46.4 Å². The molecule has 2 unspecified atom stereocenters. The van der Waals surface area contributed by atoms with E-state index in [1.165, 1.54) is 0 Å². The summed E-state index contributed by atoms with van der Waals surface area (Å²) in [5, 5.41) is 3.52.